The Kier molecular flexibility index (Phi) is 8.77. The molecule has 1 aromatic heterocycles. The van der Waals surface area contributed by atoms with Crippen molar-refractivity contribution < 1.29 is 14.3 Å². The summed E-state index contributed by atoms with van der Waals surface area (Å²) in [7, 11) is 0. The lowest BCUT2D eigenvalue weighted by Crippen LogP contribution is -2.13. The maximum atomic E-state index is 12.5. The number of aryl methyl sites for hydroxylation is 2. The molecule has 0 bridgehead atoms. The van der Waals surface area contributed by atoms with Gasteiger partial charge in [0, 0.05) is 0 Å². The third kappa shape index (κ3) is 6.90. The minimum atomic E-state index is -0.528. The number of aromatic nitrogens is 2. The molecule has 2 aromatic carbocycles. The van der Waals surface area contributed by atoms with E-state index >= 15 is 0 Å². The monoisotopic (exact) mass is 476 g/mol. The predicted octanol–water partition coefficient (Wildman–Crippen LogP) is 5.54. The molecule has 176 valence electrons. The van der Waals surface area contributed by atoms with E-state index in [4.69, 9.17) is 9.47 Å². The van der Waals surface area contributed by atoms with Crippen molar-refractivity contribution in [2.45, 2.75) is 40.0 Å². The van der Waals surface area contributed by atoms with Crippen molar-refractivity contribution >= 4 is 28.5 Å². The number of rotatable bonds is 10. The van der Waals surface area contributed by atoms with Crippen LogP contribution in [-0.2, 0) is 11.2 Å². The van der Waals surface area contributed by atoms with Crippen LogP contribution in [-0.4, -0.2) is 29.3 Å². The lowest BCUT2D eigenvalue weighted by atomic mass is 10.0. The van der Waals surface area contributed by atoms with E-state index in [1.54, 1.807) is 12.1 Å². The van der Waals surface area contributed by atoms with E-state index in [1.165, 1.54) is 23.0 Å². The van der Waals surface area contributed by atoms with Gasteiger partial charge in [0.25, 0.3) is 5.91 Å². The van der Waals surface area contributed by atoms with Crippen molar-refractivity contribution in [2.75, 3.05) is 18.5 Å². The minimum absolute atomic E-state index is 0.0330. The molecule has 0 fully saturated rings. The first-order valence-corrected chi connectivity index (χ1v) is 11.9. The van der Waals surface area contributed by atoms with E-state index in [0.717, 1.165) is 22.7 Å². The topological polar surface area (TPSA) is 97.1 Å². The molecule has 0 saturated heterocycles. The van der Waals surface area contributed by atoms with Crippen LogP contribution in [0.25, 0.3) is 6.08 Å². The Morgan fingerprint density at radius 3 is 2.68 bits per heavy atom. The lowest BCUT2D eigenvalue weighted by Gasteiger charge is -2.15. The summed E-state index contributed by atoms with van der Waals surface area (Å²) in [4.78, 5) is 12.5. The number of ether oxygens (including phenoxy) is 2. The number of nitrogens with zero attached hydrogens (tertiary/aromatic N) is 3. The Balaban J connectivity index is 1.59. The summed E-state index contributed by atoms with van der Waals surface area (Å²) in [6.07, 6.45) is 2.25. The molecule has 0 aliphatic rings. The van der Waals surface area contributed by atoms with E-state index in [9.17, 15) is 10.1 Å². The highest BCUT2D eigenvalue weighted by atomic mass is 32.1. The Morgan fingerprint density at radius 1 is 1.18 bits per heavy atom. The van der Waals surface area contributed by atoms with E-state index in [1.807, 2.05) is 38.1 Å². The number of benzene rings is 2. The predicted molar refractivity (Wildman–Crippen MR) is 134 cm³/mol. The Morgan fingerprint density at radius 2 is 1.97 bits per heavy atom. The Bertz CT molecular complexity index is 1210. The van der Waals surface area contributed by atoms with Gasteiger partial charge in [0.05, 0.1) is 0 Å². The van der Waals surface area contributed by atoms with Crippen LogP contribution in [0.2, 0.25) is 0 Å². The number of nitriles is 1. The molecule has 0 aliphatic heterocycles. The number of nitrogens with one attached hydrogen (secondary N) is 1. The zero-order valence-electron chi connectivity index (χ0n) is 19.8. The highest BCUT2D eigenvalue weighted by molar-refractivity contribution is 7.15. The van der Waals surface area contributed by atoms with Crippen LogP contribution in [0, 0.1) is 18.3 Å². The van der Waals surface area contributed by atoms with Crippen LogP contribution in [0.3, 0.4) is 0 Å². The average molecular weight is 477 g/mol. The van der Waals surface area contributed by atoms with Crippen molar-refractivity contribution in [1.82, 2.24) is 10.2 Å². The van der Waals surface area contributed by atoms with Gasteiger partial charge in [0.15, 0.2) is 0 Å². The molecule has 0 unspecified atom stereocenters. The molecule has 7 nitrogen and oxygen atoms in total. The van der Waals surface area contributed by atoms with Gasteiger partial charge in [-0.3, -0.25) is 10.1 Å². The third-order valence-electron chi connectivity index (χ3n) is 4.92. The summed E-state index contributed by atoms with van der Waals surface area (Å²) in [6.45, 7) is 9.04. The normalized spacial score (nSPS) is 11.2. The average Bonchev–Trinajstić information content (AvgIpc) is 3.28. The number of hydrogen-bond donors (Lipinski definition) is 1. The van der Waals surface area contributed by atoms with Crippen molar-refractivity contribution in [3.8, 4) is 17.6 Å². The van der Waals surface area contributed by atoms with Crippen LogP contribution in [0.4, 0.5) is 5.13 Å². The van der Waals surface area contributed by atoms with Gasteiger partial charge >= 0.3 is 0 Å². The molecule has 8 heteroatoms. The molecule has 1 N–H and O–H groups in total. The largest absolute Gasteiger partial charge is 0.490 e. The third-order valence-corrected chi connectivity index (χ3v) is 5.91. The van der Waals surface area contributed by atoms with Gasteiger partial charge in [0.1, 0.15) is 41.4 Å². The van der Waals surface area contributed by atoms with Gasteiger partial charge in [-0.15, -0.1) is 10.2 Å². The summed E-state index contributed by atoms with van der Waals surface area (Å²) < 4.78 is 11.8. The molecule has 34 heavy (non-hydrogen) atoms. The summed E-state index contributed by atoms with van der Waals surface area (Å²) in [5.41, 5.74) is 2.96. The molecule has 0 atom stereocenters. The first-order chi connectivity index (χ1) is 16.4. The maximum Gasteiger partial charge on any atom is 0.268 e. The highest BCUT2D eigenvalue weighted by Gasteiger charge is 2.13. The van der Waals surface area contributed by atoms with E-state index in [0.29, 0.717) is 35.6 Å². The van der Waals surface area contributed by atoms with Crippen molar-refractivity contribution in [3.63, 3.8) is 0 Å². The second-order valence-electron chi connectivity index (χ2n) is 7.94. The Hall–Kier alpha value is -3.70. The van der Waals surface area contributed by atoms with Gasteiger partial charge < -0.3 is 9.47 Å². The molecule has 1 heterocycles. The first kappa shape index (κ1) is 24.9. The standard InChI is InChI=1S/C26H28N4O3S/c1-5-24-29-30-26(34-24)28-25(31)20(16-27)14-19-7-6-8-21(15-19)32-11-12-33-23-13-18(4)9-10-22(23)17(2)3/h6-10,13-15,17H,5,11-12H2,1-4H3,(H,28,30,31). The smallest absolute Gasteiger partial charge is 0.268 e. The van der Waals surface area contributed by atoms with Crippen LogP contribution >= 0.6 is 11.3 Å². The van der Waals surface area contributed by atoms with Crippen LogP contribution < -0.4 is 14.8 Å². The SMILES string of the molecule is CCc1nnc(NC(=O)C(C#N)=Cc2cccc(OCCOc3cc(C)ccc3C(C)C)c2)s1. The fourth-order valence-corrected chi connectivity index (χ4v) is 3.85. The molecular weight excluding hydrogens is 448 g/mol. The summed E-state index contributed by atoms with van der Waals surface area (Å²) >= 11 is 1.29. The zero-order valence-corrected chi connectivity index (χ0v) is 20.6. The fourth-order valence-electron chi connectivity index (χ4n) is 3.18. The van der Waals surface area contributed by atoms with Gasteiger partial charge in [-0.2, -0.15) is 5.26 Å². The molecule has 3 aromatic rings. The molecule has 1 amide bonds. The van der Waals surface area contributed by atoms with Gasteiger partial charge in [-0.1, -0.05) is 56.4 Å². The van der Waals surface area contributed by atoms with E-state index in [-0.39, 0.29) is 5.57 Å². The van der Waals surface area contributed by atoms with E-state index < -0.39 is 5.91 Å². The first-order valence-electron chi connectivity index (χ1n) is 11.1. The van der Waals surface area contributed by atoms with Crippen molar-refractivity contribution in [3.05, 3.63) is 69.7 Å². The molecule has 3 rings (SSSR count). The van der Waals surface area contributed by atoms with Crippen LogP contribution in [0.1, 0.15) is 48.4 Å². The highest BCUT2D eigenvalue weighted by Crippen LogP contribution is 2.27. The van der Waals surface area contributed by atoms with Crippen molar-refractivity contribution in [1.29, 1.82) is 5.26 Å². The van der Waals surface area contributed by atoms with Crippen LogP contribution in [0.15, 0.2) is 48.0 Å². The summed E-state index contributed by atoms with van der Waals surface area (Å²) in [6, 6.07) is 15.4. The van der Waals surface area contributed by atoms with Gasteiger partial charge in [0.2, 0.25) is 5.13 Å². The molecule has 0 aliphatic carbocycles. The minimum Gasteiger partial charge on any atom is -0.490 e. The number of hydrogen-bond acceptors (Lipinski definition) is 7. The summed E-state index contributed by atoms with van der Waals surface area (Å²) in [5, 5.41) is 21.1. The summed E-state index contributed by atoms with van der Waals surface area (Å²) in [5.74, 6) is 1.34. The van der Waals surface area contributed by atoms with Crippen molar-refractivity contribution in [2.24, 2.45) is 0 Å². The zero-order chi connectivity index (χ0) is 24.5. The van der Waals surface area contributed by atoms with Gasteiger partial charge in [-0.05, 0) is 60.2 Å². The van der Waals surface area contributed by atoms with Crippen LogP contribution in [0.5, 0.6) is 11.5 Å². The molecule has 0 saturated carbocycles. The number of carbonyl (C=O) groups excluding carboxylic acids is 1. The maximum absolute atomic E-state index is 12.5. The lowest BCUT2D eigenvalue weighted by molar-refractivity contribution is -0.112. The number of anilines is 1. The Labute approximate surface area is 204 Å². The molecule has 0 radical (unpaired) electrons. The second-order valence-corrected chi connectivity index (χ2v) is 9.01. The second kappa shape index (κ2) is 12.0. The van der Waals surface area contributed by atoms with Gasteiger partial charge in [-0.25, -0.2) is 0 Å². The van der Waals surface area contributed by atoms with E-state index in [2.05, 4.69) is 41.5 Å². The molecular formula is C26H28N4O3S. The fraction of sp³-hybridized carbons (Fsp3) is 0.308. The number of amides is 1. The molecule has 0 spiro atoms. The quantitative estimate of drug-likeness (QED) is 0.235. The number of carbonyl (C=O) groups is 1.